The van der Waals surface area contributed by atoms with Gasteiger partial charge in [0, 0.05) is 26.8 Å². The number of aliphatic carboxylic acids is 1. The zero-order valence-electron chi connectivity index (χ0n) is 27.9. The minimum absolute atomic E-state index is 0.286. The Balaban J connectivity index is 1.32. The molecule has 2 aliphatic carbocycles. The number of anilines is 3. The van der Waals surface area contributed by atoms with E-state index in [0.29, 0.717) is 4.88 Å². The van der Waals surface area contributed by atoms with Crippen LogP contribution >= 0.6 is 11.3 Å². The number of fused-ring (bicyclic) bond motifs is 9. The molecule has 0 aliphatic heterocycles. The lowest BCUT2D eigenvalue weighted by Crippen LogP contribution is -2.30. The first-order valence-electron chi connectivity index (χ1n) is 17.1. The third-order valence-electron chi connectivity index (χ3n) is 10.1. The fraction of sp³-hybridized carbons (Fsp3) is 0.0213. The summed E-state index contributed by atoms with van der Waals surface area (Å²) in [5.74, 6) is -1.23. The summed E-state index contributed by atoms with van der Waals surface area (Å²) in [5.41, 5.74) is 12.9. The van der Waals surface area contributed by atoms with Gasteiger partial charge >= 0.3 is 5.97 Å². The van der Waals surface area contributed by atoms with Gasteiger partial charge < -0.3 is 10.0 Å². The zero-order valence-corrected chi connectivity index (χ0v) is 28.7. The molecule has 6 aromatic carbocycles. The molecular weight excluding hydrogens is 657 g/mol. The Bertz CT molecular complexity index is 2540. The Morgan fingerprint density at radius 3 is 1.77 bits per heavy atom. The third kappa shape index (κ3) is 4.92. The van der Waals surface area contributed by atoms with Gasteiger partial charge in [-0.25, -0.2) is 4.79 Å². The lowest BCUT2D eigenvalue weighted by molar-refractivity contribution is -0.132. The van der Waals surface area contributed by atoms with Crippen LogP contribution in [0.2, 0.25) is 0 Å². The predicted octanol–water partition coefficient (Wildman–Crippen LogP) is 11.7. The van der Waals surface area contributed by atoms with Crippen LogP contribution in [0.1, 0.15) is 38.3 Å². The minimum atomic E-state index is -1.23. The first kappa shape index (κ1) is 31.3. The van der Waals surface area contributed by atoms with Crippen molar-refractivity contribution < 1.29 is 9.90 Å². The van der Waals surface area contributed by atoms with Crippen LogP contribution in [0, 0.1) is 11.3 Å². The summed E-state index contributed by atoms with van der Waals surface area (Å²) in [6, 6.07) is 57.8. The second-order valence-corrected chi connectivity index (χ2v) is 14.0. The molecule has 1 heterocycles. The molecule has 0 radical (unpaired) electrons. The van der Waals surface area contributed by atoms with Crippen LogP contribution in [-0.4, -0.2) is 11.1 Å². The van der Waals surface area contributed by atoms with Crippen molar-refractivity contribution in [2.24, 2.45) is 0 Å². The van der Waals surface area contributed by atoms with Crippen molar-refractivity contribution in [3.05, 3.63) is 202 Å². The van der Waals surface area contributed by atoms with E-state index in [-0.39, 0.29) is 5.57 Å². The molecule has 0 saturated carbocycles. The fourth-order valence-electron chi connectivity index (χ4n) is 7.94. The van der Waals surface area contributed by atoms with Gasteiger partial charge in [0.2, 0.25) is 0 Å². The average molecular weight is 687 g/mol. The highest BCUT2D eigenvalue weighted by Gasteiger charge is 2.48. The summed E-state index contributed by atoms with van der Waals surface area (Å²) < 4.78 is 0. The normalized spacial score (nSPS) is 13.3. The minimum Gasteiger partial charge on any atom is -0.477 e. The molecule has 0 saturated heterocycles. The molecule has 0 unspecified atom stereocenters. The number of hydrogen-bond acceptors (Lipinski definition) is 4. The molecule has 0 bridgehead atoms. The molecule has 246 valence electrons. The molecule has 7 aromatic rings. The molecule has 1 aromatic heterocycles. The van der Waals surface area contributed by atoms with Crippen LogP contribution in [0.3, 0.4) is 0 Å². The van der Waals surface area contributed by atoms with Crippen molar-refractivity contribution in [3.63, 3.8) is 0 Å². The van der Waals surface area contributed by atoms with Crippen LogP contribution in [0.4, 0.5) is 17.1 Å². The number of rotatable bonds is 6. The molecule has 0 fully saturated rings. The number of carboxylic acids is 1. The van der Waals surface area contributed by atoms with E-state index in [1.54, 1.807) is 6.07 Å². The van der Waals surface area contributed by atoms with Crippen LogP contribution in [0.15, 0.2) is 163 Å². The van der Waals surface area contributed by atoms with E-state index in [4.69, 9.17) is 0 Å². The van der Waals surface area contributed by atoms with E-state index in [2.05, 4.69) is 151 Å². The summed E-state index contributed by atoms with van der Waals surface area (Å²) in [6.07, 6.45) is 5.92. The average Bonchev–Trinajstić information content (AvgIpc) is 3.74. The van der Waals surface area contributed by atoms with Crippen LogP contribution in [0.5, 0.6) is 0 Å². The van der Waals surface area contributed by atoms with E-state index < -0.39 is 11.4 Å². The lowest BCUT2D eigenvalue weighted by Gasteiger charge is -2.36. The highest BCUT2D eigenvalue weighted by atomic mass is 32.1. The topological polar surface area (TPSA) is 64.3 Å². The number of carboxylic acid groups (broad SMARTS) is 1. The number of thiophene rings is 1. The van der Waals surface area contributed by atoms with Crippen molar-refractivity contribution in [2.45, 2.75) is 5.41 Å². The van der Waals surface area contributed by atoms with Gasteiger partial charge in [0.05, 0.1) is 5.41 Å². The summed E-state index contributed by atoms with van der Waals surface area (Å²) in [4.78, 5) is 15.6. The second kappa shape index (κ2) is 12.5. The summed E-state index contributed by atoms with van der Waals surface area (Å²) in [6.45, 7) is 0. The molecule has 9 rings (SSSR count). The monoisotopic (exact) mass is 686 g/mol. The Hall–Kier alpha value is -6.74. The summed E-state index contributed by atoms with van der Waals surface area (Å²) in [5, 5.41) is 18.8. The standard InChI is InChI=1S/C47H30N2O2S/c48-30-34(46(50)51)27-38-25-26-45(52-38)33-22-21-31-19-20-32-23-24-37(49(35-11-3-1-4-12-35)36-13-5-2-6-14-36)29-44(32)47(43(31)28-33)41-17-9-7-15-39(41)40-16-8-10-18-42(40)47/h1-29H,(H,50,51)/b34-27+. The van der Waals surface area contributed by atoms with Gasteiger partial charge in [-0.3, -0.25) is 0 Å². The van der Waals surface area contributed by atoms with Crippen molar-refractivity contribution in [2.75, 3.05) is 4.90 Å². The van der Waals surface area contributed by atoms with Gasteiger partial charge in [-0.15, -0.1) is 11.3 Å². The SMILES string of the molecule is N#C/C(=C\c1ccc(-c2ccc3c(c2)C2(c4cc(N(c5ccccc5)c5ccccc5)ccc4C=C3)c3ccccc3-c3ccccc32)s1)C(=O)O. The zero-order chi connectivity index (χ0) is 35.2. The van der Waals surface area contributed by atoms with Crippen LogP contribution in [-0.2, 0) is 10.2 Å². The third-order valence-corrected chi connectivity index (χ3v) is 11.2. The molecule has 4 nitrogen and oxygen atoms in total. The molecule has 1 spiro atoms. The molecule has 5 heteroatoms. The van der Waals surface area contributed by atoms with Crippen molar-refractivity contribution in [3.8, 4) is 27.6 Å². The highest BCUT2D eigenvalue weighted by Crippen LogP contribution is 2.59. The van der Waals surface area contributed by atoms with Crippen LogP contribution < -0.4 is 4.90 Å². The Morgan fingerprint density at radius 2 is 1.17 bits per heavy atom. The Kier molecular flexibility index (Phi) is 7.54. The molecule has 1 N–H and O–H groups in total. The maximum Gasteiger partial charge on any atom is 0.346 e. The maximum atomic E-state index is 11.6. The largest absolute Gasteiger partial charge is 0.477 e. The molecule has 52 heavy (non-hydrogen) atoms. The van der Waals surface area contributed by atoms with E-state index in [1.165, 1.54) is 50.8 Å². The summed E-state index contributed by atoms with van der Waals surface area (Å²) >= 11 is 1.48. The van der Waals surface area contributed by atoms with Gasteiger partial charge in [0.25, 0.3) is 0 Å². The number of benzene rings is 6. The highest BCUT2D eigenvalue weighted by molar-refractivity contribution is 7.16. The van der Waals surface area contributed by atoms with E-state index >= 15 is 0 Å². The number of hydrogen-bond donors (Lipinski definition) is 1. The lowest BCUT2D eigenvalue weighted by atomic mass is 9.65. The predicted molar refractivity (Wildman–Crippen MR) is 212 cm³/mol. The number of nitriles is 1. The van der Waals surface area contributed by atoms with Gasteiger partial charge in [0.15, 0.2) is 0 Å². The number of carbonyl (C=O) groups is 1. The van der Waals surface area contributed by atoms with Crippen molar-refractivity contribution in [1.29, 1.82) is 5.26 Å². The Labute approximate surface area is 306 Å². The van der Waals surface area contributed by atoms with Gasteiger partial charge in [-0.2, -0.15) is 5.26 Å². The number of nitrogens with zero attached hydrogens (tertiary/aromatic N) is 2. The smallest absolute Gasteiger partial charge is 0.346 e. The van der Waals surface area contributed by atoms with Gasteiger partial charge in [-0.1, -0.05) is 115 Å². The fourth-order valence-corrected chi connectivity index (χ4v) is 8.89. The number of para-hydroxylation sites is 2. The van der Waals surface area contributed by atoms with Crippen molar-refractivity contribution in [1.82, 2.24) is 0 Å². The quantitative estimate of drug-likeness (QED) is 0.140. The van der Waals surface area contributed by atoms with E-state index in [1.807, 2.05) is 24.3 Å². The Morgan fingerprint density at radius 1 is 0.615 bits per heavy atom. The molecule has 2 aliphatic rings. The van der Waals surface area contributed by atoms with Gasteiger partial charge in [0.1, 0.15) is 11.6 Å². The second-order valence-electron chi connectivity index (χ2n) is 12.9. The molecular formula is C47H30N2O2S. The molecule has 0 amide bonds. The van der Waals surface area contributed by atoms with E-state index in [0.717, 1.165) is 38.6 Å². The first-order chi connectivity index (χ1) is 25.6. The van der Waals surface area contributed by atoms with E-state index in [9.17, 15) is 15.2 Å². The summed E-state index contributed by atoms with van der Waals surface area (Å²) in [7, 11) is 0. The van der Waals surface area contributed by atoms with Crippen molar-refractivity contribution >= 4 is 52.6 Å². The van der Waals surface area contributed by atoms with Crippen LogP contribution in [0.25, 0.3) is 39.8 Å². The maximum absolute atomic E-state index is 11.6. The molecule has 0 atom stereocenters. The first-order valence-corrected chi connectivity index (χ1v) is 17.9. The van der Waals surface area contributed by atoms with Gasteiger partial charge in [-0.05, 0) is 111 Å².